The summed E-state index contributed by atoms with van der Waals surface area (Å²) < 4.78 is 39.1. The van der Waals surface area contributed by atoms with Crippen LogP contribution in [0, 0.1) is 0 Å². The lowest BCUT2D eigenvalue weighted by Crippen LogP contribution is -2.23. The summed E-state index contributed by atoms with van der Waals surface area (Å²) in [6, 6.07) is 25.5. The predicted octanol–water partition coefficient (Wildman–Crippen LogP) is 7.00. The number of hydrogen-bond donors (Lipinski definition) is 0. The zero-order valence-electron chi connectivity index (χ0n) is 18.3. The number of nitrogens with zero attached hydrogens (tertiary/aromatic N) is 3. The van der Waals surface area contributed by atoms with Crippen molar-refractivity contribution in [3.8, 4) is 0 Å². The van der Waals surface area contributed by atoms with Crippen molar-refractivity contribution >= 4 is 21.8 Å². The van der Waals surface area contributed by atoms with Gasteiger partial charge in [0, 0.05) is 42.8 Å². The molecule has 0 N–H and O–H groups in total. The monoisotopic (exact) mass is 457 g/mol. The third kappa shape index (κ3) is 4.77. The van der Waals surface area contributed by atoms with E-state index in [0.29, 0.717) is 19.6 Å². The van der Waals surface area contributed by atoms with Crippen molar-refractivity contribution in [1.82, 2.24) is 14.9 Å². The highest BCUT2D eigenvalue weighted by Crippen LogP contribution is 2.30. The standard InChI is InChI=1S/C28H22F3N3/c29-28(30,31)23-13-11-20(12-14-23)17-34(18-21-5-1-9-26-24(21)7-3-15-32-26)19-22-6-2-10-27-25(22)8-4-16-33-27/h1-16H,17-19H2. The molecule has 0 saturated carbocycles. The van der Waals surface area contributed by atoms with Crippen molar-refractivity contribution in [1.29, 1.82) is 0 Å². The van der Waals surface area contributed by atoms with Gasteiger partial charge in [0.15, 0.2) is 0 Å². The lowest BCUT2D eigenvalue weighted by atomic mass is 10.0. The molecule has 5 rings (SSSR count). The summed E-state index contributed by atoms with van der Waals surface area (Å²) in [6.07, 6.45) is -0.797. The molecule has 3 aromatic carbocycles. The van der Waals surface area contributed by atoms with E-state index in [2.05, 4.69) is 39.1 Å². The Bertz CT molecular complexity index is 1340. The molecule has 3 nitrogen and oxygen atoms in total. The maximum Gasteiger partial charge on any atom is 0.416 e. The molecule has 0 aliphatic heterocycles. The number of hydrogen-bond acceptors (Lipinski definition) is 3. The Labute approximate surface area is 195 Å². The third-order valence-electron chi connectivity index (χ3n) is 5.95. The highest BCUT2D eigenvalue weighted by Gasteiger charge is 2.30. The van der Waals surface area contributed by atoms with Crippen LogP contribution in [0.1, 0.15) is 22.3 Å². The van der Waals surface area contributed by atoms with Crippen LogP contribution in [0.25, 0.3) is 21.8 Å². The molecule has 0 aliphatic rings. The first-order valence-electron chi connectivity index (χ1n) is 11.0. The molecule has 0 atom stereocenters. The van der Waals surface area contributed by atoms with E-state index >= 15 is 0 Å². The topological polar surface area (TPSA) is 29.0 Å². The maximum atomic E-state index is 13.0. The second kappa shape index (κ2) is 9.23. The van der Waals surface area contributed by atoms with Crippen LogP contribution in [0.15, 0.2) is 97.3 Å². The highest BCUT2D eigenvalue weighted by molar-refractivity contribution is 5.82. The van der Waals surface area contributed by atoms with Gasteiger partial charge in [-0.1, -0.05) is 48.5 Å². The van der Waals surface area contributed by atoms with E-state index in [0.717, 1.165) is 50.6 Å². The van der Waals surface area contributed by atoms with E-state index in [9.17, 15) is 13.2 Å². The van der Waals surface area contributed by atoms with Crippen LogP contribution in [-0.2, 0) is 25.8 Å². The van der Waals surface area contributed by atoms with E-state index in [1.807, 2.05) is 36.4 Å². The van der Waals surface area contributed by atoms with Gasteiger partial charge in [0.2, 0.25) is 0 Å². The Morgan fingerprint density at radius 1 is 0.588 bits per heavy atom. The number of fused-ring (bicyclic) bond motifs is 2. The largest absolute Gasteiger partial charge is 0.416 e. The minimum Gasteiger partial charge on any atom is -0.291 e. The first-order chi connectivity index (χ1) is 16.5. The van der Waals surface area contributed by atoms with Crippen LogP contribution in [0.2, 0.25) is 0 Å². The summed E-state index contributed by atoms with van der Waals surface area (Å²) in [5.41, 5.74) is 4.27. The molecule has 2 aromatic heterocycles. The summed E-state index contributed by atoms with van der Waals surface area (Å²) in [7, 11) is 0. The molecule has 170 valence electrons. The van der Waals surface area contributed by atoms with Crippen molar-refractivity contribution < 1.29 is 13.2 Å². The first kappa shape index (κ1) is 22.0. The van der Waals surface area contributed by atoms with E-state index in [1.165, 1.54) is 0 Å². The molecular weight excluding hydrogens is 435 g/mol. The summed E-state index contributed by atoms with van der Waals surface area (Å²) >= 11 is 0. The van der Waals surface area contributed by atoms with Crippen molar-refractivity contribution in [2.24, 2.45) is 0 Å². The highest BCUT2D eigenvalue weighted by atomic mass is 19.4. The fourth-order valence-corrected chi connectivity index (χ4v) is 4.32. The number of alkyl halides is 3. The molecule has 0 saturated heterocycles. The molecular formula is C28H22F3N3. The third-order valence-corrected chi connectivity index (χ3v) is 5.95. The van der Waals surface area contributed by atoms with Gasteiger partial charge in [-0.05, 0) is 53.1 Å². The molecule has 6 heteroatoms. The fraction of sp³-hybridized carbons (Fsp3) is 0.143. The second-order valence-electron chi connectivity index (χ2n) is 8.31. The smallest absolute Gasteiger partial charge is 0.291 e. The predicted molar refractivity (Wildman–Crippen MR) is 128 cm³/mol. The SMILES string of the molecule is FC(F)(F)c1ccc(CN(Cc2cccc3ncccc23)Cc2cccc3ncccc23)cc1. The lowest BCUT2D eigenvalue weighted by Gasteiger charge is -2.24. The zero-order chi connectivity index (χ0) is 23.5. The van der Waals surface area contributed by atoms with E-state index in [1.54, 1.807) is 24.5 Å². The average molecular weight is 457 g/mol. The van der Waals surface area contributed by atoms with Gasteiger partial charge in [-0.25, -0.2) is 0 Å². The van der Waals surface area contributed by atoms with Gasteiger partial charge in [0.05, 0.1) is 16.6 Å². The minimum absolute atomic E-state index is 0.505. The average Bonchev–Trinajstić information content (AvgIpc) is 2.84. The second-order valence-corrected chi connectivity index (χ2v) is 8.31. The molecule has 0 spiro atoms. The van der Waals surface area contributed by atoms with E-state index < -0.39 is 11.7 Å². The number of halogens is 3. The summed E-state index contributed by atoms with van der Waals surface area (Å²) in [5.74, 6) is 0. The molecule has 0 bridgehead atoms. The molecule has 5 aromatic rings. The molecule has 2 heterocycles. The quantitative estimate of drug-likeness (QED) is 0.275. The first-order valence-corrected chi connectivity index (χ1v) is 11.0. The van der Waals surface area contributed by atoms with Crippen LogP contribution in [0.3, 0.4) is 0 Å². The Kier molecular flexibility index (Phi) is 5.99. The van der Waals surface area contributed by atoms with E-state index in [-0.39, 0.29) is 0 Å². The van der Waals surface area contributed by atoms with Crippen molar-refractivity contribution in [2.75, 3.05) is 0 Å². The number of benzene rings is 3. The molecule has 0 fully saturated rings. The summed E-state index contributed by atoms with van der Waals surface area (Å²) in [4.78, 5) is 11.2. The van der Waals surface area contributed by atoms with Crippen molar-refractivity contribution in [3.05, 3.63) is 120 Å². The van der Waals surface area contributed by atoms with Crippen LogP contribution in [-0.4, -0.2) is 14.9 Å². The van der Waals surface area contributed by atoms with Gasteiger partial charge in [-0.2, -0.15) is 13.2 Å². The number of rotatable bonds is 6. The Hall–Kier alpha value is -3.77. The minimum atomic E-state index is -4.34. The number of pyridine rings is 2. The van der Waals surface area contributed by atoms with Gasteiger partial charge < -0.3 is 0 Å². The number of aromatic nitrogens is 2. The maximum absolute atomic E-state index is 13.0. The Balaban J connectivity index is 1.49. The molecule has 0 amide bonds. The molecule has 0 unspecified atom stereocenters. The van der Waals surface area contributed by atoms with Gasteiger partial charge in [0.25, 0.3) is 0 Å². The Morgan fingerprint density at radius 2 is 1.12 bits per heavy atom. The van der Waals surface area contributed by atoms with Crippen LogP contribution in [0.4, 0.5) is 13.2 Å². The molecule has 34 heavy (non-hydrogen) atoms. The fourth-order valence-electron chi connectivity index (χ4n) is 4.32. The van der Waals surface area contributed by atoms with Gasteiger partial charge >= 0.3 is 6.18 Å². The van der Waals surface area contributed by atoms with Crippen molar-refractivity contribution in [3.63, 3.8) is 0 Å². The molecule has 0 aliphatic carbocycles. The Morgan fingerprint density at radius 3 is 1.62 bits per heavy atom. The van der Waals surface area contributed by atoms with Gasteiger partial charge in [0.1, 0.15) is 0 Å². The normalized spacial score (nSPS) is 12.0. The van der Waals surface area contributed by atoms with Gasteiger partial charge in [-0.15, -0.1) is 0 Å². The van der Waals surface area contributed by atoms with Crippen LogP contribution in [0.5, 0.6) is 0 Å². The van der Waals surface area contributed by atoms with Gasteiger partial charge in [-0.3, -0.25) is 14.9 Å². The van der Waals surface area contributed by atoms with Crippen LogP contribution >= 0.6 is 0 Å². The summed E-state index contributed by atoms with van der Waals surface area (Å²) in [6.45, 7) is 1.76. The molecule has 0 radical (unpaired) electrons. The zero-order valence-corrected chi connectivity index (χ0v) is 18.3. The van der Waals surface area contributed by atoms with Crippen molar-refractivity contribution in [2.45, 2.75) is 25.8 Å². The van der Waals surface area contributed by atoms with E-state index in [4.69, 9.17) is 0 Å². The lowest BCUT2D eigenvalue weighted by molar-refractivity contribution is -0.137. The summed E-state index contributed by atoms with van der Waals surface area (Å²) in [5, 5.41) is 2.14. The van der Waals surface area contributed by atoms with Crippen LogP contribution < -0.4 is 0 Å².